The van der Waals surface area contributed by atoms with Crippen molar-refractivity contribution in [1.82, 2.24) is 0 Å². The molecule has 0 bridgehead atoms. The number of rotatable bonds is 3. The number of ketones is 1. The fourth-order valence-corrected chi connectivity index (χ4v) is 1.55. The van der Waals surface area contributed by atoms with Crippen molar-refractivity contribution in [1.29, 1.82) is 0 Å². The van der Waals surface area contributed by atoms with E-state index in [2.05, 4.69) is 0 Å². The predicted molar refractivity (Wildman–Crippen MR) is 60.8 cm³/mol. The zero-order valence-electron chi connectivity index (χ0n) is 8.99. The quantitative estimate of drug-likeness (QED) is 0.741. The van der Waals surface area contributed by atoms with E-state index >= 15 is 0 Å². The van der Waals surface area contributed by atoms with Crippen LogP contribution in [0, 0.1) is 11.6 Å². The van der Waals surface area contributed by atoms with E-state index in [1.807, 2.05) is 30.3 Å². The van der Waals surface area contributed by atoms with Gasteiger partial charge in [-0.3, -0.25) is 4.79 Å². The zero-order chi connectivity index (χ0) is 12.3. The summed E-state index contributed by atoms with van der Waals surface area (Å²) in [6.07, 6.45) is 0.186. The molecule has 0 N–H and O–H groups in total. The molecule has 0 aliphatic rings. The van der Waals surface area contributed by atoms with E-state index in [-0.39, 0.29) is 17.8 Å². The van der Waals surface area contributed by atoms with Gasteiger partial charge in [0.1, 0.15) is 0 Å². The van der Waals surface area contributed by atoms with Crippen molar-refractivity contribution in [2.45, 2.75) is 6.42 Å². The molecule has 86 valence electrons. The molecule has 0 aliphatic heterocycles. The van der Waals surface area contributed by atoms with Crippen molar-refractivity contribution < 1.29 is 13.6 Å². The molecule has 0 amide bonds. The summed E-state index contributed by atoms with van der Waals surface area (Å²) in [5.74, 6) is -2.17. The van der Waals surface area contributed by atoms with Gasteiger partial charge in [-0.25, -0.2) is 8.78 Å². The van der Waals surface area contributed by atoms with Crippen molar-refractivity contribution in [2.24, 2.45) is 0 Å². The van der Waals surface area contributed by atoms with Crippen LogP contribution in [0.2, 0.25) is 0 Å². The second-order valence-electron chi connectivity index (χ2n) is 3.71. The average Bonchev–Trinajstić information content (AvgIpc) is 2.34. The summed E-state index contributed by atoms with van der Waals surface area (Å²) in [5, 5.41) is 0. The van der Waals surface area contributed by atoms with Crippen molar-refractivity contribution in [3.8, 4) is 0 Å². The molecule has 0 heterocycles. The van der Waals surface area contributed by atoms with Crippen molar-refractivity contribution in [2.75, 3.05) is 0 Å². The van der Waals surface area contributed by atoms with Crippen LogP contribution in [-0.2, 0) is 6.42 Å². The molecule has 0 saturated heterocycles. The number of carbonyl (C=O) groups is 1. The van der Waals surface area contributed by atoms with Gasteiger partial charge in [-0.05, 0) is 23.8 Å². The Balaban J connectivity index is 2.18. The highest BCUT2D eigenvalue weighted by atomic mass is 19.2. The molecule has 2 rings (SSSR count). The standard InChI is InChI=1S/C14H10F2O/c15-12-7-6-11(9-13(12)16)14(17)8-10-4-2-1-3-5-10/h1-7,9H,8H2. The Morgan fingerprint density at radius 1 is 0.941 bits per heavy atom. The molecule has 3 heteroatoms. The third-order valence-electron chi connectivity index (χ3n) is 2.45. The third kappa shape index (κ3) is 2.75. The van der Waals surface area contributed by atoms with Crippen LogP contribution < -0.4 is 0 Å². The second kappa shape index (κ2) is 4.87. The minimum atomic E-state index is -0.996. The molecule has 0 unspecified atom stereocenters. The molecule has 17 heavy (non-hydrogen) atoms. The highest BCUT2D eigenvalue weighted by Gasteiger charge is 2.10. The number of benzene rings is 2. The Morgan fingerprint density at radius 3 is 2.29 bits per heavy atom. The number of hydrogen-bond acceptors (Lipinski definition) is 1. The zero-order valence-corrected chi connectivity index (χ0v) is 8.99. The van der Waals surface area contributed by atoms with Gasteiger partial charge in [-0.2, -0.15) is 0 Å². The summed E-state index contributed by atoms with van der Waals surface area (Å²) in [4.78, 5) is 11.8. The van der Waals surface area contributed by atoms with E-state index in [0.29, 0.717) is 0 Å². The van der Waals surface area contributed by atoms with Crippen LogP contribution >= 0.6 is 0 Å². The number of hydrogen-bond donors (Lipinski definition) is 0. The first-order valence-electron chi connectivity index (χ1n) is 5.19. The molecule has 0 spiro atoms. The van der Waals surface area contributed by atoms with E-state index in [4.69, 9.17) is 0 Å². The molecular weight excluding hydrogens is 222 g/mol. The lowest BCUT2D eigenvalue weighted by Crippen LogP contribution is -2.04. The lowest BCUT2D eigenvalue weighted by Gasteiger charge is -2.02. The van der Waals surface area contributed by atoms with Gasteiger partial charge in [0.05, 0.1) is 0 Å². The van der Waals surface area contributed by atoms with E-state index in [0.717, 1.165) is 17.7 Å². The first kappa shape index (κ1) is 11.5. The Labute approximate surface area is 97.7 Å². The molecule has 0 radical (unpaired) electrons. The van der Waals surface area contributed by atoms with Gasteiger partial charge in [-0.15, -0.1) is 0 Å². The first-order chi connectivity index (χ1) is 8.16. The fraction of sp³-hybridized carbons (Fsp3) is 0.0714. The van der Waals surface area contributed by atoms with E-state index < -0.39 is 11.6 Å². The number of Topliss-reactive ketones (excluding diaryl/α,β-unsaturated/α-hetero) is 1. The normalized spacial score (nSPS) is 10.2. The monoisotopic (exact) mass is 232 g/mol. The van der Waals surface area contributed by atoms with Crippen LogP contribution in [0.5, 0.6) is 0 Å². The maximum atomic E-state index is 13.0. The van der Waals surface area contributed by atoms with E-state index in [1.54, 1.807) is 0 Å². The Kier molecular flexibility index (Phi) is 3.28. The average molecular weight is 232 g/mol. The lowest BCUT2D eigenvalue weighted by molar-refractivity contribution is 0.0992. The summed E-state index contributed by atoms with van der Waals surface area (Å²) in [6.45, 7) is 0. The highest BCUT2D eigenvalue weighted by molar-refractivity contribution is 5.97. The van der Waals surface area contributed by atoms with Gasteiger partial charge in [0.2, 0.25) is 0 Å². The maximum absolute atomic E-state index is 13.0. The second-order valence-corrected chi connectivity index (χ2v) is 3.71. The van der Waals surface area contributed by atoms with Crippen LogP contribution in [0.4, 0.5) is 8.78 Å². The minimum absolute atomic E-state index is 0.186. The summed E-state index contributed by atoms with van der Waals surface area (Å²) in [6, 6.07) is 12.3. The summed E-state index contributed by atoms with van der Waals surface area (Å²) < 4.78 is 25.7. The van der Waals surface area contributed by atoms with Crippen LogP contribution in [-0.4, -0.2) is 5.78 Å². The molecule has 2 aromatic rings. The van der Waals surface area contributed by atoms with Crippen molar-refractivity contribution in [3.05, 3.63) is 71.3 Å². The summed E-state index contributed by atoms with van der Waals surface area (Å²) in [5.41, 5.74) is 1.04. The Bertz CT molecular complexity index is 535. The summed E-state index contributed by atoms with van der Waals surface area (Å²) in [7, 11) is 0. The van der Waals surface area contributed by atoms with Crippen LogP contribution in [0.1, 0.15) is 15.9 Å². The van der Waals surface area contributed by atoms with Gasteiger partial charge < -0.3 is 0 Å². The van der Waals surface area contributed by atoms with Crippen molar-refractivity contribution in [3.63, 3.8) is 0 Å². The third-order valence-corrected chi connectivity index (χ3v) is 2.45. The van der Waals surface area contributed by atoms with Gasteiger partial charge >= 0.3 is 0 Å². The molecule has 1 nitrogen and oxygen atoms in total. The number of carbonyl (C=O) groups excluding carboxylic acids is 1. The molecule has 0 saturated carbocycles. The molecular formula is C14H10F2O. The lowest BCUT2D eigenvalue weighted by atomic mass is 10.0. The van der Waals surface area contributed by atoms with Gasteiger partial charge in [0.15, 0.2) is 17.4 Å². The van der Waals surface area contributed by atoms with Crippen LogP contribution in [0.25, 0.3) is 0 Å². The highest BCUT2D eigenvalue weighted by Crippen LogP contribution is 2.11. The Hall–Kier alpha value is -2.03. The molecule has 2 aromatic carbocycles. The van der Waals surface area contributed by atoms with E-state index in [1.165, 1.54) is 6.07 Å². The van der Waals surface area contributed by atoms with Crippen molar-refractivity contribution >= 4 is 5.78 Å². The van der Waals surface area contributed by atoms with Gasteiger partial charge in [-0.1, -0.05) is 30.3 Å². The minimum Gasteiger partial charge on any atom is -0.294 e. The van der Waals surface area contributed by atoms with Crippen LogP contribution in [0.3, 0.4) is 0 Å². The predicted octanol–water partition coefficient (Wildman–Crippen LogP) is 3.39. The molecule has 0 fully saturated rings. The van der Waals surface area contributed by atoms with E-state index in [9.17, 15) is 13.6 Å². The Morgan fingerprint density at radius 2 is 1.65 bits per heavy atom. The summed E-state index contributed by atoms with van der Waals surface area (Å²) >= 11 is 0. The first-order valence-corrected chi connectivity index (χ1v) is 5.19. The largest absolute Gasteiger partial charge is 0.294 e. The molecule has 0 atom stereocenters. The van der Waals surface area contributed by atoms with Crippen LogP contribution in [0.15, 0.2) is 48.5 Å². The fourth-order valence-electron chi connectivity index (χ4n) is 1.55. The molecule has 0 aromatic heterocycles. The van der Waals surface area contributed by atoms with Gasteiger partial charge in [0, 0.05) is 12.0 Å². The SMILES string of the molecule is O=C(Cc1ccccc1)c1ccc(F)c(F)c1. The molecule has 0 aliphatic carbocycles. The topological polar surface area (TPSA) is 17.1 Å². The van der Waals surface area contributed by atoms with Gasteiger partial charge in [0.25, 0.3) is 0 Å². The number of halogens is 2. The smallest absolute Gasteiger partial charge is 0.167 e. The maximum Gasteiger partial charge on any atom is 0.167 e.